The molecule has 0 heterocycles. The zero-order valence-electron chi connectivity index (χ0n) is 11.7. The third-order valence-corrected chi connectivity index (χ3v) is 3.19. The van der Waals surface area contributed by atoms with E-state index in [-0.39, 0.29) is 6.61 Å². The van der Waals surface area contributed by atoms with Gasteiger partial charge in [-0.25, -0.2) is 13.6 Å². The largest absolute Gasteiger partial charge is 0.457 e. The number of anilines is 1. The fourth-order valence-electron chi connectivity index (χ4n) is 1.94. The van der Waals surface area contributed by atoms with E-state index in [0.29, 0.717) is 16.8 Å². The number of aryl methyl sites for hydroxylation is 2. The van der Waals surface area contributed by atoms with Crippen LogP contribution in [-0.4, -0.2) is 5.97 Å². The maximum atomic E-state index is 13.1. The Morgan fingerprint density at radius 2 is 1.81 bits per heavy atom. The van der Waals surface area contributed by atoms with Gasteiger partial charge in [-0.15, -0.1) is 0 Å². The van der Waals surface area contributed by atoms with E-state index in [0.717, 1.165) is 23.3 Å². The van der Waals surface area contributed by atoms with Crippen LogP contribution in [0.4, 0.5) is 14.5 Å². The normalized spacial score (nSPS) is 10.5. The highest BCUT2D eigenvalue weighted by Gasteiger charge is 2.13. The number of hydrogen-bond acceptors (Lipinski definition) is 3. The van der Waals surface area contributed by atoms with Crippen molar-refractivity contribution in [1.82, 2.24) is 0 Å². The van der Waals surface area contributed by atoms with E-state index < -0.39 is 17.6 Å². The number of esters is 1. The molecule has 0 aliphatic carbocycles. The van der Waals surface area contributed by atoms with Crippen LogP contribution in [0, 0.1) is 25.5 Å². The van der Waals surface area contributed by atoms with Gasteiger partial charge in [-0.2, -0.15) is 0 Å². The van der Waals surface area contributed by atoms with Gasteiger partial charge in [-0.3, -0.25) is 0 Å². The van der Waals surface area contributed by atoms with E-state index in [2.05, 4.69) is 0 Å². The predicted molar refractivity (Wildman–Crippen MR) is 75.8 cm³/mol. The fourth-order valence-corrected chi connectivity index (χ4v) is 1.94. The Morgan fingerprint density at radius 3 is 2.48 bits per heavy atom. The van der Waals surface area contributed by atoms with E-state index in [4.69, 9.17) is 10.5 Å². The molecular weight excluding hydrogens is 276 g/mol. The minimum Gasteiger partial charge on any atom is -0.457 e. The molecule has 0 atom stereocenters. The van der Waals surface area contributed by atoms with Crippen LogP contribution in [0.15, 0.2) is 30.3 Å². The second-order valence-corrected chi connectivity index (χ2v) is 4.85. The number of benzene rings is 2. The summed E-state index contributed by atoms with van der Waals surface area (Å²) in [5, 5.41) is 0. The number of carbonyl (C=O) groups excluding carboxylic acids is 1. The maximum absolute atomic E-state index is 13.1. The van der Waals surface area contributed by atoms with Crippen molar-refractivity contribution in [2.24, 2.45) is 0 Å². The van der Waals surface area contributed by atoms with Gasteiger partial charge in [0.05, 0.1) is 5.56 Å². The lowest BCUT2D eigenvalue weighted by atomic mass is 10.0. The van der Waals surface area contributed by atoms with Crippen LogP contribution in [0.1, 0.15) is 27.0 Å². The van der Waals surface area contributed by atoms with Crippen LogP contribution >= 0.6 is 0 Å². The number of nitrogens with two attached hydrogens (primary N) is 1. The summed E-state index contributed by atoms with van der Waals surface area (Å²) in [5.74, 6) is -2.46. The van der Waals surface area contributed by atoms with E-state index in [1.165, 1.54) is 6.07 Å². The molecule has 0 spiro atoms. The summed E-state index contributed by atoms with van der Waals surface area (Å²) in [4.78, 5) is 12.0. The van der Waals surface area contributed by atoms with Gasteiger partial charge in [-0.05, 0) is 48.7 Å². The summed E-state index contributed by atoms with van der Waals surface area (Å²) in [6.45, 7) is 3.49. The summed E-state index contributed by atoms with van der Waals surface area (Å²) >= 11 is 0. The third-order valence-electron chi connectivity index (χ3n) is 3.19. The number of halogens is 2. The molecule has 0 saturated carbocycles. The first kappa shape index (κ1) is 15.0. The fraction of sp³-hybridized carbons (Fsp3) is 0.188. The Balaban J connectivity index is 2.11. The first-order valence-electron chi connectivity index (χ1n) is 6.36. The molecule has 0 fully saturated rings. The summed E-state index contributed by atoms with van der Waals surface area (Å²) in [5.41, 5.74) is 8.64. The van der Waals surface area contributed by atoms with Gasteiger partial charge in [0.2, 0.25) is 0 Å². The van der Waals surface area contributed by atoms with Crippen LogP contribution in [0.2, 0.25) is 0 Å². The highest BCUT2D eigenvalue weighted by Crippen LogP contribution is 2.19. The van der Waals surface area contributed by atoms with Gasteiger partial charge in [0.1, 0.15) is 6.61 Å². The minimum absolute atomic E-state index is 0.136. The first-order valence-corrected chi connectivity index (χ1v) is 6.36. The molecule has 2 N–H and O–H groups in total. The molecular formula is C16H15F2NO2. The van der Waals surface area contributed by atoms with Crippen LogP contribution in [0.25, 0.3) is 0 Å². The average molecular weight is 291 g/mol. The molecule has 3 nitrogen and oxygen atoms in total. The van der Waals surface area contributed by atoms with E-state index in [1.54, 1.807) is 19.1 Å². The molecule has 21 heavy (non-hydrogen) atoms. The summed E-state index contributed by atoms with van der Waals surface area (Å²) in [6.07, 6.45) is 0. The highest BCUT2D eigenvalue weighted by molar-refractivity contribution is 5.92. The molecule has 0 aromatic heterocycles. The van der Waals surface area contributed by atoms with Crippen molar-refractivity contribution in [3.05, 3.63) is 64.2 Å². The topological polar surface area (TPSA) is 52.3 Å². The number of carbonyl (C=O) groups is 1. The van der Waals surface area contributed by atoms with Gasteiger partial charge >= 0.3 is 5.97 Å². The predicted octanol–water partition coefficient (Wildman–Crippen LogP) is 3.52. The van der Waals surface area contributed by atoms with Crippen molar-refractivity contribution >= 4 is 11.7 Å². The minimum atomic E-state index is -0.973. The van der Waals surface area contributed by atoms with Gasteiger partial charge in [-0.1, -0.05) is 12.1 Å². The molecule has 0 aliphatic heterocycles. The standard InChI is InChI=1S/C16H15F2NO2/c1-9-5-10(2)15(19)7-12(9)16(20)21-8-11-3-4-13(17)14(18)6-11/h3-7H,8,19H2,1-2H3. The zero-order chi connectivity index (χ0) is 15.6. The second-order valence-electron chi connectivity index (χ2n) is 4.85. The van der Waals surface area contributed by atoms with Gasteiger partial charge in [0.15, 0.2) is 11.6 Å². The smallest absolute Gasteiger partial charge is 0.338 e. The molecule has 2 aromatic rings. The van der Waals surface area contributed by atoms with E-state index in [9.17, 15) is 13.6 Å². The lowest BCUT2D eigenvalue weighted by Gasteiger charge is -2.10. The highest BCUT2D eigenvalue weighted by atomic mass is 19.2. The molecule has 2 rings (SSSR count). The Morgan fingerprint density at radius 1 is 1.10 bits per heavy atom. The summed E-state index contributed by atoms with van der Waals surface area (Å²) < 4.78 is 31.0. The quantitative estimate of drug-likeness (QED) is 0.695. The van der Waals surface area contributed by atoms with Crippen LogP contribution in [-0.2, 0) is 11.3 Å². The molecule has 0 unspecified atom stereocenters. The molecule has 0 aliphatic rings. The molecule has 0 amide bonds. The second kappa shape index (κ2) is 5.91. The Bertz CT molecular complexity index is 699. The monoisotopic (exact) mass is 291 g/mol. The number of hydrogen-bond donors (Lipinski definition) is 1. The van der Waals surface area contributed by atoms with Crippen molar-refractivity contribution in [3.8, 4) is 0 Å². The van der Waals surface area contributed by atoms with Crippen LogP contribution in [0.5, 0.6) is 0 Å². The Kier molecular flexibility index (Phi) is 4.21. The zero-order valence-corrected chi connectivity index (χ0v) is 11.7. The molecule has 0 radical (unpaired) electrons. The molecule has 0 saturated heterocycles. The SMILES string of the molecule is Cc1cc(C)c(C(=O)OCc2ccc(F)c(F)c2)cc1N. The lowest BCUT2D eigenvalue weighted by molar-refractivity contribution is 0.0471. The molecule has 110 valence electrons. The van der Waals surface area contributed by atoms with Gasteiger partial charge in [0, 0.05) is 5.69 Å². The summed E-state index contributed by atoms with van der Waals surface area (Å²) in [6, 6.07) is 6.70. The van der Waals surface area contributed by atoms with Crippen molar-refractivity contribution in [2.45, 2.75) is 20.5 Å². The number of ether oxygens (including phenoxy) is 1. The summed E-state index contributed by atoms with van der Waals surface area (Å²) in [7, 11) is 0. The number of nitrogen functional groups attached to an aromatic ring is 1. The molecule has 2 aromatic carbocycles. The van der Waals surface area contributed by atoms with Gasteiger partial charge in [0.25, 0.3) is 0 Å². The average Bonchev–Trinajstić information content (AvgIpc) is 2.44. The van der Waals surface area contributed by atoms with Crippen LogP contribution < -0.4 is 5.73 Å². The van der Waals surface area contributed by atoms with E-state index >= 15 is 0 Å². The first-order chi connectivity index (χ1) is 9.88. The van der Waals surface area contributed by atoms with Crippen molar-refractivity contribution in [2.75, 3.05) is 5.73 Å². The Hall–Kier alpha value is -2.43. The Labute approximate surface area is 121 Å². The lowest BCUT2D eigenvalue weighted by Crippen LogP contribution is -2.09. The van der Waals surface area contributed by atoms with Crippen LogP contribution in [0.3, 0.4) is 0 Å². The maximum Gasteiger partial charge on any atom is 0.338 e. The van der Waals surface area contributed by atoms with Gasteiger partial charge < -0.3 is 10.5 Å². The third kappa shape index (κ3) is 3.37. The molecule has 0 bridgehead atoms. The number of rotatable bonds is 3. The molecule has 5 heteroatoms. The van der Waals surface area contributed by atoms with E-state index in [1.807, 2.05) is 6.92 Å². The van der Waals surface area contributed by atoms with Crippen molar-refractivity contribution in [1.29, 1.82) is 0 Å². The van der Waals surface area contributed by atoms with Crippen molar-refractivity contribution < 1.29 is 18.3 Å². The van der Waals surface area contributed by atoms with Crippen molar-refractivity contribution in [3.63, 3.8) is 0 Å².